The molecule has 1 N–H and O–H groups in total. The number of amides is 1. The second-order valence-corrected chi connectivity index (χ2v) is 8.01. The van der Waals surface area contributed by atoms with E-state index in [9.17, 15) is 4.79 Å². The topological polar surface area (TPSA) is 60.0 Å². The van der Waals surface area contributed by atoms with Gasteiger partial charge < -0.3 is 19.5 Å². The number of nitrogens with one attached hydrogen (secondary N) is 1. The molecule has 0 aliphatic carbocycles. The highest BCUT2D eigenvalue weighted by Crippen LogP contribution is 2.39. The van der Waals surface area contributed by atoms with Gasteiger partial charge in [-0.05, 0) is 45.7 Å². The van der Waals surface area contributed by atoms with Gasteiger partial charge in [0.2, 0.25) is 6.79 Å². The summed E-state index contributed by atoms with van der Waals surface area (Å²) in [5.74, 6) is 1.92. The molecule has 1 atom stereocenters. The molecule has 0 saturated carbocycles. The number of hydrogen-bond donors (Lipinski definition) is 1. The molecule has 1 saturated heterocycles. The van der Waals surface area contributed by atoms with E-state index in [4.69, 9.17) is 25.8 Å². The number of halogens is 1. The van der Waals surface area contributed by atoms with Gasteiger partial charge in [-0.15, -0.1) is 0 Å². The lowest BCUT2D eigenvalue weighted by atomic mass is 10.1. The minimum absolute atomic E-state index is 0.241. The largest absolute Gasteiger partial charge is 0.454 e. The number of fused-ring (bicyclic) bond motifs is 1. The SMILES string of the molecule is CC(C)(C)OC(=O)NC[C@@H]1CCN(Cc2cc(Cl)cc3c2OCO3)C1. The van der Waals surface area contributed by atoms with E-state index in [-0.39, 0.29) is 12.9 Å². The second kappa shape index (κ2) is 7.30. The van der Waals surface area contributed by atoms with Crippen LogP contribution in [0.15, 0.2) is 12.1 Å². The van der Waals surface area contributed by atoms with Crippen molar-refractivity contribution >= 4 is 17.7 Å². The number of likely N-dealkylation sites (tertiary alicyclic amines) is 1. The average molecular weight is 369 g/mol. The van der Waals surface area contributed by atoms with Gasteiger partial charge in [0.05, 0.1) is 0 Å². The Kier molecular flexibility index (Phi) is 5.29. The minimum atomic E-state index is -0.471. The summed E-state index contributed by atoms with van der Waals surface area (Å²) in [5, 5.41) is 3.52. The molecule has 7 heteroatoms. The Morgan fingerprint density at radius 1 is 1.40 bits per heavy atom. The molecule has 2 aliphatic rings. The van der Waals surface area contributed by atoms with E-state index in [1.807, 2.05) is 26.8 Å². The van der Waals surface area contributed by atoms with Crippen molar-refractivity contribution in [2.45, 2.75) is 39.3 Å². The number of rotatable bonds is 4. The van der Waals surface area contributed by atoms with E-state index >= 15 is 0 Å². The Bertz CT molecular complexity index is 645. The van der Waals surface area contributed by atoms with Crippen LogP contribution in [0, 0.1) is 5.92 Å². The normalized spacial score (nSPS) is 19.9. The first-order chi connectivity index (χ1) is 11.8. The highest BCUT2D eigenvalue weighted by Gasteiger charge is 2.26. The lowest BCUT2D eigenvalue weighted by molar-refractivity contribution is 0.0519. The quantitative estimate of drug-likeness (QED) is 0.882. The molecule has 1 fully saturated rings. The number of ether oxygens (including phenoxy) is 3. The maximum atomic E-state index is 11.8. The van der Waals surface area contributed by atoms with Gasteiger partial charge in [-0.2, -0.15) is 0 Å². The van der Waals surface area contributed by atoms with Crippen LogP contribution in [0.1, 0.15) is 32.8 Å². The summed E-state index contributed by atoms with van der Waals surface area (Å²) in [7, 11) is 0. The lowest BCUT2D eigenvalue weighted by Gasteiger charge is -2.21. The Labute approximate surface area is 153 Å². The molecule has 0 bridgehead atoms. The fraction of sp³-hybridized carbons (Fsp3) is 0.611. The smallest absolute Gasteiger partial charge is 0.407 e. The Morgan fingerprint density at radius 2 is 2.20 bits per heavy atom. The van der Waals surface area contributed by atoms with Crippen molar-refractivity contribution < 1.29 is 19.0 Å². The van der Waals surface area contributed by atoms with E-state index in [1.54, 1.807) is 6.07 Å². The highest BCUT2D eigenvalue weighted by atomic mass is 35.5. The fourth-order valence-corrected chi connectivity index (χ4v) is 3.40. The monoisotopic (exact) mass is 368 g/mol. The number of carbonyl (C=O) groups excluding carboxylic acids is 1. The van der Waals surface area contributed by atoms with Crippen LogP contribution in [0.5, 0.6) is 11.5 Å². The van der Waals surface area contributed by atoms with Crippen molar-refractivity contribution in [3.8, 4) is 11.5 Å². The van der Waals surface area contributed by atoms with Gasteiger partial charge in [0.25, 0.3) is 0 Å². The van der Waals surface area contributed by atoms with Gasteiger partial charge in [0.1, 0.15) is 5.60 Å². The van der Waals surface area contributed by atoms with Crippen LogP contribution < -0.4 is 14.8 Å². The molecule has 0 aromatic heterocycles. The molecule has 2 heterocycles. The molecule has 2 aliphatic heterocycles. The number of hydrogen-bond acceptors (Lipinski definition) is 5. The molecular formula is C18H25ClN2O4. The third-order valence-corrected chi connectivity index (χ3v) is 4.43. The summed E-state index contributed by atoms with van der Waals surface area (Å²) in [4.78, 5) is 14.1. The first-order valence-corrected chi connectivity index (χ1v) is 8.95. The number of benzene rings is 1. The molecule has 25 heavy (non-hydrogen) atoms. The summed E-state index contributed by atoms with van der Waals surface area (Å²) in [6.07, 6.45) is 0.680. The van der Waals surface area contributed by atoms with Crippen LogP contribution >= 0.6 is 11.6 Å². The maximum absolute atomic E-state index is 11.8. The van der Waals surface area contributed by atoms with E-state index in [2.05, 4.69) is 10.2 Å². The van der Waals surface area contributed by atoms with Crippen molar-refractivity contribution in [3.63, 3.8) is 0 Å². The maximum Gasteiger partial charge on any atom is 0.407 e. The molecular weight excluding hydrogens is 344 g/mol. The van der Waals surface area contributed by atoms with E-state index in [0.717, 1.165) is 37.4 Å². The number of carbonyl (C=O) groups is 1. The zero-order chi connectivity index (χ0) is 18.0. The van der Waals surface area contributed by atoms with Gasteiger partial charge in [-0.3, -0.25) is 4.90 Å². The molecule has 6 nitrogen and oxygen atoms in total. The standard InChI is InChI=1S/C18H25ClN2O4/c1-18(2,3)25-17(22)20-8-12-4-5-21(9-12)10-13-6-14(19)7-15-16(13)24-11-23-15/h6-7,12H,4-5,8-11H2,1-3H3,(H,20,22)/t12-/m0/s1. The third kappa shape index (κ3) is 4.92. The minimum Gasteiger partial charge on any atom is -0.454 e. The predicted molar refractivity (Wildman–Crippen MR) is 95.2 cm³/mol. The van der Waals surface area contributed by atoms with E-state index < -0.39 is 5.60 Å². The van der Waals surface area contributed by atoms with Crippen molar-refractivity contribution in [1.82, 2.24) is 10.2 Å². The van der Waals surface area contributed by atoms with Gasteiger partial charge >= 0.3 is 6.09 Å². The zero-order valence-electron chi connectivity index (χ0n) is 14.9. The molecule has 3 rings (SSSR count). The first-order valence-electron chi connectivity index (χ1n) is 8.57. The van der Waals surface area contributed by atoms with Gasteiger partial charge in [0.15, 0.2) is 11.5 Å². The average Bonchev–Trinajstić information content (AvgIpc) is 3.12. The Hall–Kier alpha value is -1.66. The molecule has 1 amide bonds. The van der Waals surface area contributed by atoms with Crippen LogP contribution in [0.4, 0.5) is 4.79 Å². The van der Waals surface area contributed by atoms with Crippen LogP contribution in [-0.2, 0) is 11.3 Å². The van der Waals surface area contributed by atoms with Gasteiger partial charge in [0, 0.05) is 36.3 Å². The zero-order valence-corrected chi connectivity index (χ0v) is 15.7. The van der Waals surface area contributed by atoms with Crippen molar-refractivity contribution in [1.29, 1.82) is 0 Å². The van der Waals surface area contributed by atoms with E-state index in [1.165, 1.54) is 0 Å². The van der Waals surface area contributed by atoms with E-state index in [0.29, 0.717) is 23.2 Å². The van der Waals surface area contributed by atoms with Crippen molar-refractivity contribution in [3.05, 3.63) is 22.7 Å². The van der Waals surface area contributed by atoms with Crippen molar-refractivity contribution in [2.75, 3.05) is 26.4 Å². The highest BCUT2D eigenvalue weighted by molar-refractivity contribution is 6.30. The summed E-state index contributed by atoms with van der Waals surface area (Å²) in [5.41, 5.74) is 0.571. The van der Waals surface area contributed by atoms with Crippen molar-refractivity contribution in [2.24, 2.45) is 5.92 Å². The molecule has 1 aromatic carbocycles. The Balaban J connectivity index is 1.50. The number of alkyl carbamates (subject to hydrolysis) is 1. The summed E-state index contributed by atoms with van der Waals surface area (Å²) in [6, 6.07) is 3.71. The summed E-state index contributed by atoms with van der Waals surface area (Å²) >= 11 is 6.16. The van der Waals surface area contributed by atoms with Gasteiger partial charge in [-0.25, -0.2) is 4.79 Å². The van der Waals surface area contributed by atoms with Crippen LogP contribution in [0.3, 0.4) is 0 Å². The predicted octanol–water partition coefficient (Wildman–Crippen LogP) is 3.42. The second-order valence-electron chi connectivity index (χ2n) is 7.57. The molecule has 0 unspecified atom stereocenters. The fourth-order valence-electron chi connectivity index (χ4n) is 3.17. The number of nitrogens with zero attached hydrogens (tertiary/aromatic N) is 1. The summed E-state index contributed by atoms with van der Waals surface area (Å²) in [6.45, 7) is 9.09. The van der Waals surface area contributed by atoms with Crippen LogP contribution in [0.25, 0.3) is 0 Å². The van der Waals surface area contributed by atoms with Crippen LogP contribution in [-0.4, -0.2) is 43.0 Å². The lowest BCUT2D eigenvalue weighted by Crippen LogP contribution is -2.36. The third-order valence-electron chi connectivity index (χ3n) is 4.21. The van der Waals surface area contributed by atoms with Gasteiger partial charge in [-0.1, -0.05) is 11.6 Å². The Morgan fingerprint density at radius 3 is 2.96 bits per heavy atom. The summed E-state index contributed by atoms with van der Waals surface area (Å²) < 4.78 is 16.3. The first kappa shape index (κ1) is 18.1. The van der Waals surface area contributed by atoms with Crippen LogP contribution in [0.2, 0.25) is 5.02 Å². The molecule has 0 radical (unpaired) electrons. The molecule has 1 aromatic rings. The molecule has 0 spiro atoms. The molecule has 138 valence electrons.